The molecule has 1 atom stereocenters. The fourth-order valence-corrected chi connectivity index (χ4v) is 3.12. The smallest absolute Gasteiger partial charge is 0.337 e. The van der Waals surface area contributed by atoms with Crippen molar-refractivity contribution in [3.05, 3.63) is 70.8 Å². The van der Waals surface area contributed by atoms with Gasteiger partial charge in [0.25, 0.3) is 0 Å². The summed E-state index contributed by atoms with van der Waals surface area (Å²) in [6.45, 7) is 0. The van der Waals surface area contributed by atoms with Crippen LogP contribution < -0.4 is 0 Å². The van der Waals surface area contributed by atoms with E-state index in [1.54, 1.807) is 6.07 Å². The monoisotopic (exact) mass is 294 g/mol. The van der Waals surface area contributed by atoms with Gasteiger partial charge in [-0.3, -0.25) is 4.79 Å². The molecule has 0 saturated heterocycles. The summed E-state index contributed by atoms with van der Waals surface area (Å²) < 4.78 is 4.78. The number of fused-ring (bicyclic) bond motifs is 1. The highest BCUT2D eigenvalue weighted by Gasteiger charge is 2.28. The zero-order valence-corrected chi connectivity index (χ0v) is 12.5. The summed E-state index contributed by atoms with van der Waals surface area (Å²) in [4.78, 5) is 24.5. The minimum atomic E-state index is -0.362. The fraction of sp³-hybridized carbons (Fsp3) is 0.263. The van der Waals surface area contributed by atoms with E-state index in [4.69, 9.17) is 4.74 Å². The number of aryl methyl sites for hydroxylation is 1. The highest BCUT2D eigenvalue weighted by molar-refractivity contribution is 6.01. The number of benzene rings is 2. The fourth-order valence-electron chi connectivity index (χ4n) is 3.12. The lowest BCUT2D eigenvalue weighted by atomic mass is 9.78. The lowest BCUT2D eigenvalue weighted by molar-refractivity contribution is 0.0600. The quantitative estimate of drug-likeness (QED) is 0.639. The molecule has 0 amide bonds. The van der Waals surface area contributed by atoms with Crippen molar-refractivity contribution < 1.29 is 14.3 Å². The molecule has 112 valence electrons. The number of carbonyl (C=O) groups excluding carboxylic acids is 2. The van der Waals surface area contributed by atoms with Crippen molar-refractivity contribution in [1.82, 2.24) is 0 Å². The Bertz CT molecular complexity index is 704. The van der Waals surface area contributed by atoms with Gasteiger partial charge in [0.2, 0.25) is 0 Å². The molecule has 0 saturated carbocycles. The molecule has 3 nitrogen and oxygen atoms in total. The van der Waals surface area contributed by atoms with Crippen LogP contribution in [0.3, 0.4) is 0 Å². The third-order valence-corrected chi connectivity index (χ3v) is 4.26. The Kier molecular flexibility index (Phi) is 4.05. The van der Waals surface area contributed by atoms with Crippen molar-refractivity contribution in [3.8, 4) is 0 Å². The average molecular weight is 294 g/mol. The summed E-state index contributed by atoms with van der Waals surface area (Å²) in [5.41, 5.74) is 3.37. The van der Waals surface area contributed by atoms with Gasteiger partial charge in [-0.15, -0.1) is 0 Å². The molecule has 0 spiro atoms. The molecule has 3 rings (SSSR count). The van der Waals surface area contributed by atoms with Gasteiger partial charge in [0, 0.05) is 11.5 Å². The number of esters is 1. The largest absolute Gasteiger partial charge is 0.465 e. The Hall–Kier alpha value is -2.42. The molecule has 3 heteroatoms. The standard InChI is InChI=1S/C19H18O3/c1-22-19(21)15-11-10-13-8-5-9-16(17(13)12-15)18(20)14-6-3-2-4-7-14/h2-4,6-7,10-12,16H,5,8-9H2,1H3. The zero-order valence-electron chi connectivity index (χ0n) is 12.5. The van der Waals surface area contributed by atoms with Crippen LogP contribution in [0.5, 0.6) is 0 Å². The predicted molar refractivity (Wildman–Crippen MR) is 84.2 cm³/mol. The van der Waals surface area contributed by atoms with Crippen molar-refractivity contribution >= 4 is 11.8 Å². The first-order chi connectivity index (χ1) is 10.7. The first kappa shape index (κ1) is 14.5. The molecule has 0 heterocycles. The van der Waals surface area contributed by atoms with Crippen LogP contribution in [0, 0.1) is 0 Å². The number of Topliss-reactive ketones (excluding diaryl/α,β-unsaturated/α-hetero) is 1. The van der Waals surface area contributed by atoms with E-state index in [2.05, 4.69) is 0 Å². The van der Waals surface area contributed by atoms with E-state index in [1.807, 2.05) is 42.5 Å². The van der Waals surface area contributed by atoms with Gasteiger partial charge in [0.05, 0.1) is 12.7 Å². The third-order valence-electron chi connectivity index (χ3n) is 4.26. The van der Waals surface area contributed by atoms with Crippen LogP contribution >= 0.6 is 0 Å². The van der Waals surface area contributed by atoms with Crippen LogP contribution in [0.4, 0.5) is 0 Å². The maximum Gasteiger partial charge on any atom is 0.337 e. The maximum absolute atomic E-state index is 12.8. The summed E-state index contributed by atoms with van der Waals surface area (Å²) in [6.07, 6.45) is 2.77. The molecule has 0 radical (unpaired) electrons. The minimum Gasteiger partial charge on any atom is -0.465 e. The average Bonchev–Trinajstić information content (AvgIpc) is 2.60. The predicted octanol–water partition coefficient (Wildman–Crippen LogP) is 3.78. The van der Waals surface area contributed by atoms with Crippen molar-refractivity contribution in [1.29, 1.82) is 0 Å². The molecule has 0 N–H and O–H groups in total. The number of methoxy groups -OCH3 is 1. The first-order valence-electron chi connectivity index (χ1n) is 7.51. The number of carbonyl (C=O) groups is 2. The van der Waals surface area contributed by atoms with Crippen LogP contribution in [0.1, 0.15) is 50.6 Å². The van der Waals surface area contributed by atoms with E-state index in [0.29, 0.717) is 5.56 Å². The van der Waals surface area contributed by atoms with Crippen LogP contribution in [0.25, 0.3) is 0 Å². The Labute approximate surface area is 129 Å². The summed E-state index contributed by atoms with van der Waals surface area (Å²) >= 11 is 0. The van der Waals surface area contributed by atoms with Gasteiger partial charge in [-0.1, -0.05) is 36.4 Å². The Morgan fingerprint density at radius 3 is 2.55 bits per heavy atom. The van der Waals surface area contributed by atoms with Gasteiger partial charge in [-0.25, -0.2) is 4.79 Å². The van der Waals surface area contributed by atoms with E-state index in [-0.39, 0.29) is 17.7 Å². The van der Waals surface area contributed by atoms with Crippen molar-refractivity contribution in [3.63, 3.8) is 0 Å². The molecule has 2 aromatic rings. The van der Waals surface area contributed by atoms with Crippen molar-refractivity contribution in [2.24, 2.45) is 0 Å². The molecular weight excluding hydrogens is 276 g/mol. The Morgan fingerprint density at radius 2 is 1.82 bits per heavy atom. The lowest BCUT2D eigenvalue weighted by Crippen LogP contribution is -2.19. The van der Waals surface area contributed by atoms with Gasteiger partial charge in [-0.2, -0.15) is 0 Å². The summed E-state index contributed by atoms with van der Waals surface area (Å²) in [5.74, 6) is -0.404. The summed E-state index contributed by atoms with van der Waals surface area (Å²) in [5, 5.41) is 0. The number of ketones is 1. The molecule has 0 bridgehead atoms. The van der Waals surface area contributed by atoms with Crippen LogP contribution in [0.2, 0.25) is 0 Å². The summed E-state index contributed by atoms with van der Waals surface area (Å²) in [7, 11) is 1.37. The second-order valence-electron chi connectivity index (χ2n) is 5.58. The first-order valence-corrected chi connectivity index (χ1v) is 7.51. The number of hydrogen-bond donors (Lipinski definition) is 0. The molecule has 0 aromatic heterocycles. The van der Waals surface area contributed by atoms with E-state index < -0.39 is 0 Å². The topological polar surface area (TPSA) is 43.4 Å². The van der Waals surface area contributed by atoms with Crippen LogP contribution in [0.15, 0.2) is 48.5 Å². The molecule has 1 aliphatic rings. The van der Waals surface area contributed by atoms with Gasteiger partial charge in [0.15, 0.2) is 5.78 Å². The molecule has 1 unspecified atom stereocenters. The van der Waals surface area contributed by atoms with E-state index in [9.17, 15) is 9.59 Å². The molecule has 2 aromatic carbocycles. The SMILES string of the molecule is COC(=O)c1ccc2c(c1)C(C(=O)c1ccccc1)CCC2. The number of ether oxygens (including phenoxy) is 1. The summed E-state index contributed by atoms with van der Waals surface area (Å²) in [6, 6.07) is 14.9. The van der Waals surface area contributed by atoms with Crippen molar-refractivity contribution in [2.75, 3.05) is 7.11 Å². The lowest BCUT2D eigenvalue weighted by Gasteiger charge is -2.25. The second-order valence-corrected chi connectivity index (χ2v) is 5.58. The maximum atomic E-state index is 12.8. The van der Waals surface area contributed by atoms with Crippen LogP contribution in [-0.4, -0.2) is 18.9 Å². The van der Waals surface area contributed by atoms with E-state index in [1.165, 1.54) is 7.11 Å². The number of hydrogen-bond acceptors (Lipinski definition) is 3. The van der Waals surface area contributed by atoms with E-state index in [0.717, 1.165) is 36.0 Å². The van der Waals surface area contributed by atoms with Crippen LogP contribution in [-0.2, 0) is 11.2 Å². The molecular formula is C19H18O3. The molecule has 1 aliphatic carbocycles. The second kappa shape index (κ2) is 6.14. The highest BCUT2D eigenvalue weighted by atomic mass is 16.5. The highest BCUT2D eigenvalue weighted by Crippen LogP contribution is 2.34. The number of rotatable bonds is 3. The normalized spacial score (nSPS) is 16.7. The van der Waals surface area contributed by atoms with Gasteiger partial charge in [0.1, 0.15) is 0 Å². The third kappa shape index (κ3) is 2.67. The van der Waals surface area contributed by atoms with Gasteiger partial charge in [-0.05, 0) is 42.5 Å². The Balaban J connectivity index is 1.99. The Morgan fingerprint density at radius 1 is 1.05 bits per heavy atom. The molecule has 0 fully saturated rings. The van der Waals surface area contributed by atoms with Crippen molar-refractivity contribution in [2.45, 2.75) is 25.2 Å². The van der Waals surface area contributed by atoms with Gasteiger partial charge >= 0.3 is 5.97 Å². The molecule has 0 aliphatic heterocycles. The van der Waals surface area contributed by atoms with E-state index >= 15 is 0 Å². The minimum absolute atomic E-state index is 0.128. The zero-order chi connectivity index (χ0) is 15.5. The van der Waals surface area contributed by atoms with Gasteiger partial charge < -0.3 is 4.74 Å². The molecule has 22 heavy (non-hydrogen) atoms.